The molecule has 0 aromatic heterocycles. The largest absolute Gasteiger partial charge is 0.462 e. The normalized spacial score (nSPS) is 12.8. The smallest absolute Gasteiger partial charge is 0.306 e. The highest BCUT2D eigenvalue weighted by Crippen LogP contribution is 2.17. The summed E-state index contributed by atoms with van der Waals surface area (Å²) in [6, 6.07) is 0. The van der Waals surface area contributed by atoms with Crippen molar-refractivity contribution in [1.82, 2.24) is 0 Å². The molecule has 0 aromatic rings. The molecule has 6 heteroatoms. The molecular weight excluding hydrogens is 997 g/mol. The first-order valence-electron chi connectivity index (χ1n) is 34.4. The summed E-state index contributed by atoms with van der Waals surface area (Å²) in [5.41, 5.74) is 0. The third-order valence-electron chi connectivity index (χ3n) is 14.7. The number of hydrogen-bond acceptors (Lipinski definition) is 6. The Bertz CT molecular complexity index is 1620. The minimum atomic E-state index is -0.798. The molecular formula is C75H128O6. The van der Waals surface area contributed by atoms with E-state index in [9.17, 15) is 14.4 Å². The van der Waals surface area contributed by atoms with E-state index in [0.29, 0.717) is 19.3 Å². The van der Waals surface area contributed by atoms with Crippen LogP contribution >= 0.6 is 0 Å². The van der Waals surface area contributed by atoms with Gasteiger partial charge in [-0.1, -0.05) is 297 Å². The molecule has 0 saturated carbocycles. The summed E-state index contributed by atoms with van der Waals surface area (Å²) in [6.45, 7) is 6.40. The monoisotopic (exact) mass is 1120 g/mol. The highest BCUT2D eigenvalue weighted by atomic mass is 16.6. The molecule has 0 rings (SSSR count). The van der Waals surface area contributed by atoms with Gasteiger partial charge in [0, 0.05) is 19.3 Å². The maximum Gasteiger partial charge on any atom is 0.306 e. The van der Waals surface area contributed by atoms with Crippen molar-refractivity contribution in [2.75, 3.05) is 13.2 Å². The molecule has 0 radical (unpaired) electrons. The van der Waals surface area contributed by atoms with Crippen molar-refractivity contribution in [2.45, 2.75) is 335 Å². The van der Waals surface area contributed by atoms with Crippen LogP contribution in [0.2, 0.25) is 0 Å². The van der Waals surface area contributed by atoms with Gasteiger partial charge in [-0.3, -0.25) is 14.4 Å². The van der Waals surface area contributed by atoms with Crippen molar-refractivity contribution in [3.8, 4) is 0 Å². The Hall–Kier alpha value is -3.93. The molecule has 0 amide bonds. The zero-order chi connectivity index (χ0) is 58.5. The fourth-order valence-electron chi connectivity index (χ4n) is 9.66. The van der Waals surface area contributed by atoms with Crippen LogP contribution in [-0.2, 0) is 28.6 Å². The Kier molecular flexibility index (Phi) is 65.2. The lowest BCUT2D eigenvalue weighted by molar-refractivity contribution is -0.167. The van der Waals surface area contributed by atoms with Crippen molar-refractivity contribution < 1.29 is 28.6 Å². The van der Waals surface area contributed by atoms with E-state index in [1.807, 2.05) is 0 Å². The molecule has 81 heavy (non-hydrogen) atoms. The van der Waals surface area contributed by atoms with Crippen LogP contribution in [0.25, 0.3) is 0 Å². The van der Waals surface area contributed by atoms with Gasteiger partial charge in [-0.25, -0.2) is 0 Å². The fraction of sp³-hybridized carbons (Fsp3) is 0.720. The van der Waals surface area contributed by atoms with Crippen molar-refractivity contribution in [3.63, 3.8) is 0 Å². The van der Waals surface area contributed by atoms with Gasteiger partial charge in [0.15, 0.2) is 6.10 Å². The third kappa shape index (κ3) is 66.8. The van der Waals surface area contributed by atoms with Crippen molar-refractivity contribution in [1.29, 1.82) is 0 Å². The molecule has 0 N–H and O–H groups in total. The second-order valence-electron chi connectivity index (χ2n) is 22.7. The molecule has 0 aromatic carbocycles. The Labute approximate surface area is 501 Å². The zero-order valence-corrected chi connectivity index (χ0v) is 53.3. The number of hydrogen-bond donors (Lipinski definition) is 0. The molecule has 0 heterocycles. The topological polar surface area (TPSA) is 78.9 Å². The van der Waals surface area contributed by atoms with Crippen molar-refractivity contribution in [3.05, 3.63) is 109 Å². The Morgan fingerprint density at radius 2 is 0.481 bits per heavy atom. The van der Waals surface area contributed by atoms with Gasteiger partial charge in [0.2, 0.25) is 0 Å². The Morgan fingerprint density at radius 1 is 0.259 bits per heavy atom. The number of carbonyl (C=O) groups excluding carboxylic acids is 3. The summed E-state index contributed by atoms with van der Waals surface area (Å²) in [7, 11) is 0. The highest BCUT2D eigenvalue weighted by molar-refractivity contribution is 5.71. The molecule has 1 unspecified atom stereocenters. The standard InChI is InChI=1S/C75H128O6/c1-4-7-10-13-16-19-22-25-28-30-31-32-33-34-35-36-37-38-39-40-41-42-43-45-47-50-53-56-59-62-65-68-74(77)80-71-72(70-79-73(76)67-64-61-58-55-52-49-46-27-24-21-18-15-12-9-6-3)81-75(78)69-66-63-60-57-54-51-48-44-29-26-23-20-17-14-11-8-5-2/h7,9-10,12,16,18-19,21,25-29,31-32,46,52,55,72H,4-6,8,11,13-15,17,20,22-24,30,33-45,47-51,53-54,56-71H2,1-3H3/b10-7-,12-9-,19-16-,21-18-,28-25-,29-26-,32-31-,46-27-,55-52-. The minimum absolute atomic E-state index is 0.0907. The van der Waals surface area contributed by atoms with E-state index in [-0.39, 0.29) is 31.1 Å². The fourth-order valence-corrected chi connectivity index (χ4v) is 9.66. The van der Waals surface area contributed by atoms with Crippen molar-refractivity contribution in [2.24, 2.45) is 0 Å². The van der Waals surface area contributed by atoms with Gasteiger partial charge >= 0.3 is 17.9 Å². The molecule has 0 fully saturated rings. The summed E-state index contributed by atoms with van der Waals surface area (Å²) in [5, 5.41) is 0. The number of unbranched alkanes of at least 4 members (excludes halogenated alkanes) is 33. The van der Waals surface area contributed by atoms with E-state index in [1.165, 1.54) is 180 Å². The summed E-state index contributed by atoms with van der Waals surface area (Å²) in [5.74, 6) is -0.926. The summed E-state index contributed by atoms with van der Waals surface area (Å²) < 4.78 is 16.9. The summed E-state index contributed by atoms with van der Waals surface area (Å²) in [6.07, 6.45) is 94.1. The molecule has 0 aliphatic carbocycles. The molecule has 0 bridgehead atoms. The van der Waals surface area contributed by atoms with Crippen molar-refractivity contribution >= 4 is 17.9 Å². The highest BCUT2D eigenvalue weighted by Gasteiger charge is 2.19. The zero-order valence-electron chi connectivity index (χ0n) is 53.3. The van der Waals surface area contributed by atoms with Gasteiger partial charge in [0.05, 0.1) is 0 Å². The number of ether oxygens (including phenoxy) is 3. The third-order valence-corrected chi connectivity index (χ3v) is 14.7. The second kappa shape index (κ2) is 68.6. The molecule has 1 atom stereocenters. The number of rotatable bonds is 62. The van der Waals surface area contributed by atoms with E-state index in [0.717, 1.165) is 109 Å². The van der Waals surface area contributed by atoms with Crippen LogP contribution in [0.4, 0.5) is 0 Å². The van der Waals surface area contributed by atoms with Gasteiger partial charge in [0.1, 0.15) is 13.2 Å². The van der Waals surface area contributed by atoms with Gasteiger partial charge in [-0.2, -0.15) is 0 Å². The van der Waals surface area contributed by atoms with E-state index in [1.54, 1.807) is 0 Å². The van der Waals surface area contributed by atoms with E-state index in [2.05, 4.69) is 130 Å². The molecule has 0 saturated heterocycles. The molecule has 0 aliphatic rings. The van der Waals surface area contributed by atoms with Crippen LogP contribution in [-0.4, -0.2) is 37.2 Å². The average Bonchev–Trinajstić information content (AvgIpc) is 3.47. The molecule has 464 valence electrons. The summed E-state index contributed by atoms with van der Waals surface area (Å²) >= 11 is 0. The van der Waals surface area contributed by atoms with Gasteiger partial charge in [-0.15, -0.1) is 0 Å². The molecule has 0 aliphatic heterocycles. The van der Waals surface area contributed by atoms with E-state index in [4.69, 9.17) is 14.2 Å². The van der Waals surface area contributed by atoms with Gasteiger partial charge < -0.3 is 14.2 Å². The Morgan fingerprint density at radius 3 is 0.790 bits per heavy atom. The van der Waals surface area contributed by atoms with Crippen LogP contribution in [0.1, 0.15) is 329 Å². The van der Waals surface area contributed by atoms with E-state index < -0.39 is 6.10 Å². The lowest BCUT2D eigenvalue weighted by atomic mass is 10.0. The van der Waals surface area contributed by atoms with Crippen LogP contribution in [0.5, 0.6) is 0 Å². The van der Waals surface area contributed by atoms with Crippen LogP contribution in [0.3, 0.4) is 0 Å². The predicted molar refractivity (Wildman–Crippen MR) is 353 cm³/mol. The number of esters is 3. The number of carbonyl (C=O) groups is 3. The first-order chi connectivity index (χ1) is 40.0. The SMILES string of the molecule is CC/C=C\C/C=C\C/C=C\C/C=C\CCCCCCCCCCCCCCCCCCCCC(=O)OCC(COC(=O)CCCC/C=C\C/C=C\C/C=C\C/C=C\CC)OC(=O)CCCCCCCCC/C=C\CCCCCCCC. The first-order valence-corrected chi connectivity index (χ1v) is 34.4. The quantitative estimate of drug-likeness (QED) is 0.0261. The maximum atomic E-state index is 12.9. The van der Waals surface area contributed by atoms with Crippen LogP contribution < -0.4 is 0 Å². The summed E-state index contributed by atoms with van der Waals surface area (Å²) in [4.78, 5) is 38.4. The average molecular weight is 1130 g/mol. The lowest BCUT2D eigenvalue weighted by Gasteiger charge is -2.18. The Balaban J connectivity index is 4.25. The maximum absolute atomic E-state index is 12.9. The predicted octanol–water partition coefficient (Wildman–Crippen LogP) is 23.8. The molecule has 6 nitrogen and oxygen atoms in total. The molecule has 0 spiro atoms. The van der Waals surface area contributed by atoms with Crippen LogP contribution in [0.15, 0.2) is 109 Å². The van der Waals surface area contributed by atoms with E-state index >= 15 is 0 Å². The number of allylic oxidation sites excluding steroid dienone is 18. The van der Waals surface area contributed by atoms with Gasteiger partial charge in [-0.05, 0) is 122 Å². The van der Waals surface area contributed by atoms with Crippen LogP contribution in [0, 0.1) is 0 Å². The van der Waals surface area contributed by atoms with Gasteiger partial charge in [0.25, 0.3) is 0 Å². The first kappa shape index (κ1) is 77.1. The second-order valence-corrected chi connectivity index (χ2v) is 22.7. The minimum Gasteiger partial charge on any atom is -0.462 e. The lowest BCUT2D eigenvalue weighted by Crippen LogP contribution is -2.30.